The molecule has 2 aliphatic heterocycles. The minimum absolute atomic E-state index is 0.0943. The number of nitrogens with one attached hydrogen (secondary N) is 1. The van der Waals surface area contributed by atoms with Crippen molar-refractivity contribution in [1.29, 1.82) is 0 Å². The van der Waals surface area contributed by atoms with E-state index in [2.05, 4.69) is 25.2 Å². The molecule has 2 aliphatic rings. The highest BCUT2D eigenvalue weighted by Gasteiger charge is 2.26. The van der Waals surface area contributed by atoms with Crippen LogP contribution in [0.1, 0.15) is 12.5 Å². The van der Waals surface area contributed by atoms with Crippen molar-refractivity contribution in [1.82, 2.24) is 20.3 Å². The van der Waals surface area contributed by atoms with Crippen LogP contribution in [0.4, 0.5) is 21.8 Å². The number of piperazine rings is 1. The van der Waals surface area contributed by atoms with Gasteiger partial charge in [0.15, 0.2) is 11.6 Å². The number of pyridine rings is 1. The molecule has 2 fully saturated rings. The monoisotopic (exact) mass is 415 g/mol. The highest BCUT2D eigenvalue weighted by Crippen LogP contribution is 2.25. The first-order valence-electron chi connectivity index (χ1n) is 10.0. The number of halogens is 1. The van der Waals surface area contributed by atoms with Crippen molar-refractivity contribution in [3.8, 4) is 0 Å². The second-order valence-electron chi connectivity index (χ2n) is 7.61. The number of rotatable bonds is 5. The smallest absolute Gasteiger partial charge is 0.225 e. The van der Waals surface area contributed by atoms with Crippen LogP contribution in [-0.4, -0.2) is 73.0 Å². The molecule has 0 radical (unpaired) electrons. The number of carbonyl (C=O) groups is 1. The summed E-state index contributed by atoms with van der Waals surface area (Å²) in [5.74, 6) is 0.617. The molecule has 1 atom stereocenters. The van der Waals surface area contributed by atoms with Crippen LogP contribution in [0.3, 0.4) is 0 Å². The van der Waals surface area contributed by atoms with Crippen molar-refractivity contribution in [2.75, 3.05) is 60.7 Å². The summed E-state index contributed by atoms with van der Waals surface area (Å²) >= 11 is 0. The van der Waals surface area contributed by atoms with Crippen molar-refractivity contribution < 1.29 is 13.9 Å². The Hall–Kier alpha value is -3.01. The van der Waals surface area contributed by atoms with Crippen molar-refractivity contribution in [2.24, 2.45) is 0 Å². The van der Waals surface area contributed by atoms with E-state index in [0.717, 1.165) is 5.56 Å². The number of amides is 1. The van der Waals surface area contributed by atoms with Crippen LogP contribution in [0.25, 0.3) is 0 Å². The van der Waals surface area contributed by atoms with E-state index in [1.165, 1.54) is 13.0 Å². The molecule has 0 aromatic carbocycles. The van der Waals surface area contributed by atoms with Gasteiger partial charge >= 0.3 is 0 Å². The summed E-state index contributed by atoms with van der Waals surface area (Å²) < 4.78 is 20.5. The van der Waals surface area contributed by atoms with E-state index in [1.54, 1.807) is 18.6 Å². The van der Waals surface area contributed by atoms with Crippen LogP contribution < -0.4 is 20.0 Å². The Morgan fingerprint density at radius 3 is 2.50 bits per heavy atom. The molecule has 10 heteroatoms. The quantitative estimate of drug-likeness (QED) is 0.772. The van der Waals surface area contributed by atoms with Gasteiger partial charge in [0.2, 0.25) is 11.9 Å². The van der Waals surface area contributed by atoms with E-state index < -0.39 is 0 Å². The number of aryl methyl sites for hydroxylation is 1. The van der Waals surface area contributed by atoms with Gasteiger partial charge in [0.25, 0.3) is 0 Å². The second kappa shape index (κ2) is 8.78. The summed E-state index contributed by atoms with van der Waals surface area (Å²) in [6.07, 6.45) is 5.17. The molecule has 0 spiro atoms. The first-order chi connectivity index (χ1) is 14.5. The fourth-order valence-electron chi connectivity index (χ4n) is 3.60. The SMILES string of the molecule is CC(=O)NCC1CN(c2cnc(N3CCN(c4ncc(C)cn4)CC3)c(F)c2)CO1. The lowest BCUT2D eigenvalue weighted by molar-refractivity contribution is -0.119. The molecule has 1 amide bonds. The first kappa shape index (κ1) is 20.3. The van der Waals surface area contributed by atoms with Gasteiger partial charge in [-0.2, -0.15) is 0 Å². The number of hydrogen-bond donors (Lipinski definition) is 1. The standard InChI is InChI=1S/C20H26FN7O2/c1-14-8-24-20(25-9-14)27-5-3-26(4-6-27)19-18(21)7-16(10-23-19)28-12-17(30-13-28)11-22-15(2)29/h7-10,17H,3-6,11-13H2,1-2H3,(H,22,29). The van der Waals surface area contributed by atoms with Crippen LogP contribution in [-0.2, 0) is 9.53 Å². The third kappa shape index (κ3) is 4.59. The Balaban J connectivity index is 1.35. The van der Waals surface area contributed by atoms with Gasteiger partial charge in [0, 0.05) is 64.7 Å². The topological polar surface area (TPSA) is 86.7 Å². The zero-order valence-electron chi connectivity index (χ0n) is 17.2. The summed E-state index contributed by atoms with van der Waals surface area (Å²) in [4.78, 5) is 30.1. The van der Waals surface area contributed by atoms with E-state index in [4.69, 9.17) is 4.74 Å². The second-order valence-corrected chi connectivity index (χ2v) is 7.61. The minimum Gasteiger partial charge on any atom is -0.354 e. The van der Waals surface area contributed by atoms with E-state index in [0.29, 0.717) is 63.5 Å². The highest BCUT2D eigenvalue weighted by molar-refractivity contribution is 5.72. The molecule has 9 nitrogen and oxygen atoms in total. The van der Waals surface area contributed by atoms with Crippen molar-refractivity contribution in [3.05, 3.63) is 36.0 Å². The number of anilines is 3. The lowest BCUT2D eigenvalue weighted by atomic mass is 10.2. The van der Waals surface area contributed by atoms with Crippen LogP contribution in [0.15, 0.2) is 24.7 Å². The van der Waals surface area contributed by atoms with Gasteiger partial charge in [-0.1, -0.05) is 0 Å². The first-order valence-corrected chi connectivity index (χ1v) is 10.0. The van der Waals surface area contributed by atoms with Gasteiger partial charge in [-0.3, -0.25) is 4.79 Å². The molecule has 0 bridgehead atoms. The molecule has 0 aliphatic carbocycles. The van der Waals surface area contributed by atoms with Crippen LogP contribution in [0.2, 0.25) is 0 Å². The number of nitrogens with zero attached hydrogens (tertiary/aromatic N) is 6. The van der Waals surface area contributed by atoms with Crippen LogP contribution >= 0.6 is 0 Å². The van der Waals surface area contributed by atoms with Gasteiger partial charge in [0.05, 0.1) is 18.0 Å². The average Bonchev–Trinajstić information content (AvgIpc) is 3.22. The summed E-state index contributed by atoms with van der Waals surface area (Å²) in [6, 6.07) is 1.50. The summed E-state index contributed by atoms with van der Waals surface area (Å²) in [6.45, 7) is 7.49. The number of aromatic nitrogens is 3. The van der Waals surface area contributed by atoms with E-state index in [-0.39, 0.29) is 17.8 Å². The molecule has 2 aromatic heterocycles. The van der Waals surface area contributed by atoms with E-state index >= 15 is 0 Å². The molecule has 30 heavy (non-hydrogen) atoms. The Bertz CT molecular complexity index is 887. The largest absolute Gasteiger partial charge is 0.354 e. The van der Waals surface area contributed by atoms with Gasteiger partial charge in [-0.05, 0) is 12.5 Å². The normalized spacial score (nSPS) is 19.3. The Morgan fingerprint density at radius 2 is 1.83 bits per heavy atom. The molecular weight excluding hydrogens is 389 g/mol. The molecule has 4 heterocycles. The Kier molecular flexibility index (Phi) is 5.93. The molecule has 2 saturated heterocycles. The summed E-state index contributed by atoms with van der Waals surface area (Å²) in [5.41, 5.74) is 1.70. The van der Waals surface area contributed by atoms with Crippen molar-refractivity contribution >= 4 is 23.4 Å². The molecule has 0 saturated carbocycles. The fourth-order valence-corrected chi connectivity index (χ4v) is 3.60. The average molecular weight is 415 g/mol. The minimum atomic E-state index is -0.349. The number of carbonyl (C=O) groups excluding carboxylic acids is 1. The number of ether oxygens (including phenoxy) is 1. The van der Waals surface area contributed by atoms with Gasteiger partial charge < -0.3 is 24.8 Å². The maximum Gasteiger partial charge on any atom is 0.225 e. The fraction of sp³-hybridized carbons (Fsp3) is 0.500. The maximum atomic E-state index is 14.8. The third-order valence-electron chi connectivity index (χ3n) is 5.27. The molecule has 4 rings (SSSR count). The lowest BCUT2D eigenvalue weighted by Crippen LogP contribution is -2.47. The predicted molar refractivity (Wildman–Crippen MR) is 111 cm³/mol. The summed E-state index contributed by atoms with van der Waals surface area (Å²) in [5, 5.41) is 2.74. The highest BCUT2D eigenvalue weighted by atomic mass is 19.1. The van der Waals surface area contributed by atoms with Gasteiger partial charge in [-0.15, -0.1) is 0 Å². The van der Waals surface area contributed by atoms with Crippen LogP contribution in [0.5, 0.6) is 0 Å². The van der Waals surface area contributed by atoms with Crippen LogP contribution in [0, 0.1) is 12.7 Å². The number of hydrogen-bond acceptors (Lipinski definition) is 8. The Labute approximate surface area is 174 Å². The molecule has 160 valence electrons. The lowest BCUT2D eigenvalue weighted by Gasteiger charge is -2.35. The zero-order chi connectivity index (χ0) is 21.1. The van der Waals surface area contributed by atoms with E-state index in [9.17, 15) is 9.18 Å². The zero-order valence-corrected chi connectivity index (χ0v) is 17.2. The molecular formula is C20H26FN7O2. The van der Waals surface area contributed by atoms with E-state index in [1.807, 2.05) is 16.7 Å². The molecule has 2 aromatic rings. The predicted octanol–water partition coefficient (Wildman–Crippen LogP) is 0.945. The van der Waals surface area contributed by atoms with Crippen molar-refractivity contribution in [3.63, 3.8) is 0 Å². The Morgan fingerprint density at radius 1 is 1.13 bits per heavy atom. The van der Waals surface area contributed by atoms with Gasteiger partial charge in [0.1, 0.15) is 6.73 Å². The van der Waals surface area contributed by atoms with Gasteiger partial charge in [-0.25, -0.2) is 19.3 Å². The third-order valence-corrected chi connectivity index (χ3v) is 5.27. The summed E-state index contributed by atoms with van der Waals surface area (Å²) in [7, 11) is 0. The molecule has 1 N–H and O–H groups in total. The van der Waals surface area contributed by atoms with Crippen molar-refractivity contribution in [2.45, 2.75) is 20.0 Å². The maximum absolute atomic E-state index is 14.8. The molecule has 1 unspecified atom stereocenters.